The lowest BCUT2D eigenvalue weighted by Crippen LogP contribution is -2.38. The molecule has 4 atom stereocenters. The number of para-hydroxylation sites is 1. The lowest BCUT2D eigenvalue weighted by Gasteiger charge is -2.41. The fraction of sp³-hybridized carbons (Fsp3) is 0.229. The van der Waals surface area contributed by atoms with Crippen molar-refractivity contribution in [2.45, 2.75) is 37.2 Å². The van der Waals surface area contributed by atoms with Crippen LogP contribution in [-0.4, -0.2) is 37.8 Å². The van der Waals surface area contributed by atoms with E-state index in [1.807, 2.05) is 90.5 Å². The number of aliphatic hydroxyl groups is 1. The van der Waals surface area contributed by atoms with Crippen LogP contribution in [0.15, 0.2) is 115 Å². The molecule has 0 aliphatic carbocycles. The highest BCUT2D eigenvalue weighted by Gasteiger charge is 2.38. The van der Waals surface area contributed by atoms with E-state index in [2.05, 4.69) is 27.8 Å². The van der Waals surface area contributed by atoms with Gasteiger partial charge in [0.15, 0.2) is 11.4 Å². The normalized spacial score (nSPS) is 19.4. The Morgan fingerprint density at radius 1 is 0.870 bits per heavy atom. The van der Waals surface area contributed by atoms with Crippen molar-refractivity contribution in [3.05, 3.63) is 126 Å². The van der Waals surface area contributed by atoms with Crippen molar-refractivity contribution in [1.29, 1.82) is 0 Å². The number of thioether (sulfide) groups is 1. The van der Waals surface area contributed by atoms with E-state index in [4.69, 9.17) is 14.2 Å². The number of aromatic nitrogens is 3. The number of aryl methyl sites for hydroxylation is 1. The number of nitrogens with zero attached hydrogens (tertiary/aromatic N) is 3. The van der Waals surface area contributed by atoms with Gasteiger partial charge in [-0.1, -0.05) is 73.3 Å². The highest BCUT2D eigenvalue weighted by molar-refractivity contribution is 7.99. The zero-order valence-corrected chi connectivity index (χ0v) is 26.3. The summed E-state index contributed by atoms with van der Waals surface area (Å²) in [5.41, 5.74) is 3.95. The van der Waals surface area contributed by atoms with Gasteiger partial charge in [0.25, 0.3) is 0 Å². The van der Waals surface area contributed by atoms with E-state index in [1.54, 1.807) is 42.4 Å². The first-order chi connectivity index (χ1) is 22.4. The fourth-order valence-electron chi connectivity index (χ4n) is 5.12. The van der Waals surface area contributed by atoms with Gasteiger partial charge in [-0.2, -0.15) is 0 Å². The molecule has 2 amide bonds. The fourth-order valence-corrected chi connectivity index (χ4v) is 6.17. The van der Waals surface area contributed by atoms with Gasteiger partial charge in [0.1, 0.15) is 17.8 Å². The number of nitrogens with one attached hydrogen (secondary N) is 2. The van der Waals surface area contributed by atoms with Gasteiger partial charge in [-0.05, 0) is 59.7 Å². The molecule has 0 bridgehead atoms. The van der Waals surface area contributed by atoms with E-state index in [1.165, 1.54) is 0 Å². The lowest BCUT2D eigenvalue weighted by atomic mass is 9.91. The third-order valence-electron chi connectivity index (χ3n) is 7.70. The first kappa shape index (κ1) is 31.3. The van der Waals surface area contributed by atoms with Crippen LogP contribution >= 0.6 is 11.8 Å². The monoisotopic (exact) mass is 637 g/mol. The van der Waals surface area contributed by atoms with Crippen LogP contribution in [0.2, 0.25) is 0 Å². The van der Waals surface area contributed by atoms with Crippen LogP contribution in [0.1, 0.15) is 36.0 Å². The molecular weight excluding hydrogens is 602 g/mol. The predicted octanol–water partition coefficient (Wildman–Crippen LogP) is 7.33. The predicted molar refractivity (Wildman–Crippen MR) is 177 cm³/mol. The van der Waals surface area contributed by atoms with Gasteiger partial charge in [0, 0.05) is 35.7 Å². The van der Waals surface area contributed by atoms with E-state index in [0.29, 0.717) is 22.9 Å². The Hall–Kier alpha value is -4.68. The Kier molecular flexibility index (Phi) is 9.94. The number of benzene rings is 4. The Morgan fingerprint density at radius 3 is 2.13 bits per heavy atom. The number of carbonyl (C=O) groups excluding carboxylic acids is 1. The Morgan fingerprint density at radius 2 is 1.50 bits per heavy atom. The second-order valence-electron chi connectivity index (χ2n) is 11.0. The maximum Gasteiger partial charge on any atom is 0.323 e. The van der Waals surface area contributed by atoms with Crippen molar-refractivity contribution in [1.82, 2.24) is 14.8 Å². The van der Waals surface area contributed by atoms with E-state index in [9.17, 15) is 9.90 Å². The molecule has 1 aliphatic heterocycles. The van der Waals surface area contributed by atoms with Gasteiger partial charge in [0.2, 0.25) is 0 Å². The minimum Gasteiger partial charge on any atom is -0.457 e. The molecule has 0 saturated carbocycles. The molecule has 0 radical (unpaired) electrons. The zero-order chi connectivity index (χ0) is 31.9. The van der Waals surface area contributed by atoms with Crippen molar-refractivity contribution >= 4 is 29.2 Å². The number of carbonyl (C=O) groups is 1. The van der Waals surface area contributed by atoms with Gasteiger partial charge in [-0.15, -0.1) is 10.2 Å². The summed E-state index contributed by atoms with van der Waals surface area (Å²) in [5.74, 6) is 2.12. The van der Waals surface area contributed by atoms with E-state index < -0.39 is 6.29 Å². The molecule has 1 aromatic heterocycles. The molecule has 10 nitrogen and oxygen atoms in total. The molecule has 2 heterocycles. The quantitative estimate of drug-likeness (QED) is 0.136. The molecule has 1 fully saturated rings. The molecular formula is C35H35N5O5S. The summed E-state index contributed by atoms with van der Waals surface area (Å²) in [6, 6.07) is 31.6. The Labute approximate surface area is 271 Å². The highest BCUT2D eigenvalue weighted by Crippen LogP contribution is 2.43. The summed E-state index contributed by atoms with van der Waals surface area (Å²) < 4.78 is 20.8. The Balaban J connectivity index is 1.10. The van der Waals surface area contributed by atoms with Gasteiger partial charge >= 0.3 is 6.03 Å². The van der Waals surface area contributed by atoms with Crippen LogP contribution in [0.5, 0.6) is 11.5 Å². The smallest absolute Gasteiger partial charge is 0.323 e. The number of urea groups is 1. The molecule has 0 spiro atoms. The number of aliphatic hydroxyl groups excluding tert-OH is 1. The molecule has 3 N–H and O–H groups in total. The van der Waals surface area contributed by atoms with Crippen LogP contribution in [0, 0.1) is 5.92 Å². The largest absolute Gasteiger partial charge is 0.457 e. The average Bonchev–Trinajstić information content (AvgIpc) is 3.50. The molecule has 4 aromatic carbocycles. The number of hydrogen-bond donors (Lipinski definition) is 3. The molecule has 1 aliphatic rings. The lowest BCUT2D eigenvalue weighted by molar-refractivity contribution is -0.268. The van der Waals surface area contributed by atoms with Crippen molar-refractivity contribution in [3.63, 3.8) is 0 Å². The van der Waals surface area contributed by atoms with Gasteiger partial charge in [0.05, 0.1) is 18.8 Å². The molecule has 0 unspecified atom stereocenters. The van der Waals surface area contributed by atoms with Gasteiger partial charge < -0.3 is 34.5 Å². The number of anilines is 2. The standard InChI is InChI=1S/C35H35N5O5S/c1-23-31(21-46-35-39-36-22-40(35)2)44-33(45-32(23)25-10-8-24(20-41)9-11-25)26-12-14-27(15-13-26)37-34(42)38-28-16-18-30(19-17-28)43-29-6-4-3-5-7-29/h3-19,22-23,31-33,41H,20-21H2,1-2H3,(H2,37,38,42)/t23-,31+,32+,33+/m1/s1. The van der Waals surface area contributed by atoms with E-state index in [-0.39, 0.29) is 30.8 Å². The number of hydrogen-bond acceptors (Lipinski definition) is 8. The molecule has 236 valence electrons. The molecule has 1 saturated heterocycles. The molecule has 5 aromatic rings. The molecule has 11 heteroatoms. The zero-order valence-electron chi connectivity index (χ0n) is 25.4. The minimum absolute atomic E-state index is 0.0154. The first-order valence-corrected chi connectivity index (χ1v) is 15.9. The number of ether oxygens (including phenoxy) is 3. The van der Waals surface area contributed by atoms with Crippen LogP contribution in [0.3, 0.4) is 0 Å². The van der Waals surface area contributed by atoms with Crippen molar-refractivity contribution in [2.24, 2.45) is 13.0 Å². The summed E-state index contributed by atoms with van der Waals surface area (Å²) in [4.78, 5) is 12.7. The van der Waals surface area contributed by atoms with Gasteiger partial charge in [-0.3, -0.25) is 0 Å². The van der Waals surface area contributed by atoms with Crippen LogP contribution in [0.4, 0.5) is 16.2 Å². The van der Waals surface area contributed by atoms with Crippen molar-refractivity contribution in [2.75, 3.05) is 16.4 Å². The third kappa shape index (κ3) is 7.75. The van der Waals surface area contributed by atoms with Crippen molar-refractivity contribution < 1.29 is 24.1 Å². The maximum absolute atomic E-state index is 12.7. The van der Waals surface area contributed by atoms with E-state index in [0.717, 1.165) is 27.6 Å². The molecule has 6 rings (SSSR count). The number of amides is 2. The topological polar surface area (TPSA) is 120 Å². The minimum atomic E-state index is -0.622. The summed E-state index contributed by atoms with van der Waals surface area (Å²) in [5, 5.41) is 24.2. The summed E-state index contributed by atoms with van der Waals surface area (Å²) in [6.07, 6.45) is 0.683. The maximum atomic E-state index is 12.7. The SMILES string of the molecule is C[C@@H]1[C@H](CSc2nncn2C)O[C@H](c2ccc(NC(=O)Nc3ccc(Oc4ccccc4)cc3)cc2)O[C@@H]1c1ccc(CO)cc1. The second-order valence-corrected chi connectivity index (χ2v) is 12.0. The average molecular weight is 638 g/mol. The number of rotatable bonds is 10. The molecule has 46 heavy (non-hydrogen) atoms. The van der Waals surface area contributed by atoms with Crippen LogP contribution in [-0.2, 0) is 23.1 Å². The second kappa shape index (κ2) is 14.6. The Bertz CT molecular complexity index is 1720. The first-order valence-electron chi connectivity index (χ1n) is 14.9. The summed E-state index contributed by atoms with van der Waals surface area (Å²) >= 11 is 1.59. The van der Waals surface area contributed by atoms with Gasteiger partial charge in [-0.25, -0.2) is 4.79 Å². The van der Waals surface area contributed by atoms with Crippen LogP contribution in [0.25, 0.3) is 0 Å². The highest BCUT2D eigenvalue weighted by atomic mass is 32.2. The van der Waals surface area contributed by atoms with E-state index >= 15 is 0 Å². The van der Waals surface area contributed by atoms with Crippen LogP contribution < -0.4 is 15.4 Å². The van der Waals surface area contributed by atoms with Crippen molar-refractivity contribution in [3.8, 4) is 11.5 Å². The summed E-state index contributed by atoms with van der Waals surface area (Å²) in [7, 11) is 1.92. The summed E-state index contributed by atoms with van der Waals surface area (Å²) in [6.45, 7) is 2.11. The third-order valence-corrected chi connectivity index (χ3v) is 8.82.